The first-order chi connectivity index (χ1) is 14.4. The second kappa shape index (κ2) is 10.1. The minimum atomic E-state index is -0.329. The van der Waals surface area contributed by atoms with Crippen molar-refractivity contribution in [3.8, 4) is 0 Å². The van der Waals surface area contributed by atoms with E-state index in [0.29, 0.717) is 34.2 Å². The van der Waals surface area contributed by atoms with Crippen molar-refractivity contribution in [2.24, 2.45) is 0 Å². The number of fused-ring (bicyclic) bond motifs is 1. The number of ether oxygens (including phenoxy) is 1. The number of benzene rings is 2. The van der Waals surface area contributed by atoms with Gasteiger partial charge in [-0.25, -0.2) is 9.37 Å². The van der Waals surface area contributed by atoms with Gasteiger partial charge in [0.25, 0.3) is 5.56 Å². The molecule has 6 nitrogen and oxygen atoms in total. The smallest absolute Gasteiger partial charge is 0.262 e. The first kappa shape index (κ1) is 22.3. The van der Waals surface area contributed by atoms with E-state index >= 15 is 0 Å². The predicted molar refractivity (Wildman–Crippen MR) is 117 cm³/mol. The minimum Gasteiger partial charge on any atom is -0.383 e. The van der Waals surface area contributed by atoms with Crippen molar-refractivity contribution in [2.45, 2.75) is 24.7 Å². The van der Waals surface area contributed by atoms with Crippen LogP contribution < -0.4 is 10.9 Å². The molecule has 158 valence electrons. The van der Waals surface area contributed by atoms with Gasteiger partial charge in [-0.05, 0) is 42.8 Å². The fourth-order valence-electron chi connectivity index (χ4n) is 2.91. The monoisotopic (exact) mass is 449 g/mol. The van der Waals surface area contributed by atoms with E-state index in [1.165, 1.54) is 16.7 Å². The number of carbonyl (C=O) groups excluding carboxylic acids is 1. The van der Waals surface area contributed by atoms with Crippen LogP contribution >= 0.6 is 23.4 Å². The van der Waals surface area contributed by atoms with Gasteiger partial charge in [-0.2, -0.15) is 0 Å². The van der Waals surface area contributed by atoms with E-state index < -0.39 is 0 Å². The van der Waals surface area contributed by atoms with Crippen molar-refractivity contribution in [2.75, 3.05) is 19.5 Å². The van der Waals surface area contributed by atoms with Crippen LogP contribution in [0, 0.1) is 5.82 Å². The quantitative estimate of drug-likeness (QED) is 0.418. The van der Waals surface area contributed by atoms with Crippen molar-refractivity contribution in [3.05, 3.63) is 69.2 Å². The summed E-state index contributed by atoms with van der Waals surface area (Å²) in [6.45, 7) is 2.47. The van der Waals surface area contributed by atoms with E-state index in [2.05, 4.69) is 10.3 Å². The van der Waals surface area contributed by atoms with Gasteiger partial charge in [0.05, 0.1) is 35.8 Å². The number of thioether (sulfide) groups is 1. The second-order valence-electron chi connectivity index (χ2n) is 6.63. The maximum Gasteiger partial charge on any atom is 0.262 e. The van der Waals surface area contributed by atoms with Gasteiger partial charge in [-0.15, -0.1) is 0 Å². The lowest BCUT2D eigenvalue weighted by Crippen LogP contribution is -2.29. The Hall–Kier alpha value is -2.42. The molecule has 0 aliphatic heterocycles. The van der Waals surface area contributed by atoms with Crippen LogP contribution in [0.5, 0.6) is 0 Å². The summed E-state index contributed by atoms with van der Waals surface area (Å²) in [5, 5.41) is 4.21. The maximum atomic E-state index is 13.1. The highest BCUT2D eigenvalue weighted by Gasteiger charge is 2.15. The van der Waals surface area contributed by atoms with Crippen LogP contribution in [0.15, 0.2) is 52.4 Å². The Morgan fingerprint density at radius 1 is 1.30 bits per heavy atom. The van der Waals surface area contributed by atoms with E-state index in [1.54, 1.807) is 37.4 Å². The maximum absolute atomic E-state index is 13.1. The van der Waals surface area contributed by atoms with E-state index in [-0.39, 0.29) is 29.1 Å². The van der Waals surface area contributed by atoms with Crippen LogP contribution in [-0.2, 0) is 16.1 Å². The van der Waals surface area contributed by atoms with Crippen molar-refractivity contribution in [3.63, 3.8) is 0 Å². The van der Waals surface area contributed by atoms with Gasteiger partial charge in [0.1, 0.15) is 5.82 Å². The van der Waals surface area contributed by atoms with Crippen molar-refractivity contribution in [1.82, 2.24) is 14.9 Å². The Bertz CT molecular complexity index is 1110. The van der Waals surface area contributed by atoms with Crippen LogP contribution in [0.25, 0.3) is 10.9 Å². The Morgan fingerprint density at radius 2 is 2.03 bits per heavy atom. The molecular weight excluding hydrogens is 429 g/mol. The number of halogens is 2. The first-order valence-corrected chi connectivity index (χ1v) is 10.6. The number of methoxy groups -OCH3 is 1. The zero-order valence-corrected chi connectivity index (χ0v) is 18.1. The number of nitrogens with one attached hydrogen (secondary N) is 1. The fourth-order valence-corrected chi connectivity index (χ4v) is 3.91. The lowest BCUT2D eigenvalue weighted by atomic mass is 10.1. The van der Waals surface area contributed by atoms with Crippen LogP contribution in [0.4, 0.5) is 4.39 Å². The summed E-state index contributed by atoms with van der Waals surface area (Å²) in [6, 6.07) is 10.6. The van der Waals surface area contributed by atoms with Gasteiger partial charge >= 0.3 is 0 Å². The lowest BCUT2D eigenvalue weighted by molar-refractivity contribution is -0.119. The molecule has 9 heteroatoms. The molecule has 0 saturated heterocycles. The SMILES string of the molecule is COCCn1c(SCC(=O)NC(C)c2ccc(F)cc2)nc2cc(Cl)ccc2c1=O. The van der Waals surface area contributed by atoms with Crippen LogP contribution in [0.3, 0.4) is 0 Å². The molecule has 3 aromatic rings. The van der Waals surface area contributed by atoms with Crippen molar-refractivity contribution in [1.29, 1.82) is 0 Å². The number of hydrogen-bond donors (Lipinski definition) is 1. The zero-order chi connectivity index (χ0) is 21.7. The Morgan fingerprint density at radius 3 is 2.73 bits per heavy atom. The molecule has 1 heterocycles. The molecule has 1 atom stereocenters. The summed E-state index contributed by atoms with van der Waals surface area (Å²) in [6.07, 6.45) is 0. The van der Waals surface area contributed by atoms with Gasteiger partial charge in [0, 0.05) is 12.1 Å². The Labute approximate surface area is 182 Å². The van der Waals surface area contributed by atoms with Crippen LogP contribution in [0.2, 0.25) is 5.02 Å². The first-order valence-electron chi connectivity index (χ1n) is 9.25. The van der Waals surface area contributed by atoms with E-state index in [9.17, 15) is 14.0 Å². The van der Waals surface area contributed by atoms with E-state index in [0.717, 1.165) is 17.3 Å². The molecule has 0 aliphatic rings. The molecule has 0 bridgehead atoms. The van der Waals surface area contributed by atoms with Gasteiger partial charge < -0.3 is 10.1 Å². The molecule has 1 amide bonds. The normalized spacial score (nSPS) is 12.1. The summed E-state index contributed by atoms with van der Waals surface area (Å²) in [5.74, 6) is -0.489. The van der Waals surface area contributed by atoms with Crippen molar-refractivity contribution < 1.29 is 13.9 Å². The molecule has 1 aromatic heterocycles. The van der Waals surface area contributed by atoms with Crippen LogP contribution in [-0.4, -0.2) is 34.9 Å². The van der Waals surface area contributed by atoms with E-state index in [4.69, 9.17) is 16.3 Å². The average molecular weight is 450 g/mol. The third kappa shape index (κ3) is 5.38. The largest absolute Gasteiger partial charge is 0.383 e. The number of hydrogen-bond acceptors (Lipinski definition) is 5. The summed E-state index contributed by atoms with van der Waals surface area (Å²) in [7, 11) is 1.55. The van der Waals surface area contributed by atoms with Gasteiger partial charge in [0.2, 0.25) is 5.91 Å². The molecule has 3 rings (SSSR count). The molecule has 0 spiro atoms. The molecule has 0 fully saturated rings. The summed E-state index contributed by atoms with van der Waals surface area (Å²) in [5.41, 5.74) is 1.06. The predicted octanol–water partition coefficient (Wildman–Crippen LogP) is 3.80. The molecule has 1 N–H and O–H groups in total. The molecule has 1 unspecified atom stereocenters. The van der Waals surface area contributed by atoms with Crippen LogP contribution in [0.1, 0.15) is 18.5 Å². The second-order valence-corrected chi connectivity index (χ2v) is 8.01. The molecule has 30 heavy (non-hydrogen) atoms. The fraction of sp³-hybridized carbons (Fsp3) is 0.286. The number of carbonyl (C=O) groups is 1. The third-order valence-corrected chi connectivity index (χ3v) is 5.69. The molecule has 2 aromatic carbocycles. The molecular formula is C21H21ClFN3O3S. The standard InChI is InChI=1S/C21H21ClFN3O3S/c1-13(14-3-6-16(23)7-4-14)24-19(27)12-30-21-25-18-11-15(22)5-8-17(18)20(28)26(21)9-10-29-2/h3-8,11,13H,9-10,12H2,1-2H3,(H,24,27). The highest BCUT2D eigenvalue weighted by molar-refractivity contribution is 7.99. The summed E-state index contributed by atoms with van der Waals surface area (Å²) < 4.78 is 19.7. The number of aromatic nitrogens is 2. The topological polar surface area (TPSA) is 73.2 Å². The zero-order valence-electron chi connectivity index (χ0n) is 16.5. The lowest BCUT2D eigenvalue weighted by Gasteiger charge is -2.15. The molecule has 0 radical (unpaired) electrons. The van der Waals surface area contributed by atoms with Gasteiger partial charge in [-0.1, -0.05) is 35.5 Å². The molecule has 0 saturated carbocycles. The highest BCUT2D eigenvalue weighted by atomic mass is 35.5. The van der Waals surface area contributed by atoms with Gasteiger partial charge in [-0.3, -0.25) is 14.2 Å². The highest BCUT2D eigenvalue weighted by Crippen LogP contribution is 2.21. The Kier molecular flexibility index (Phi) is 7.47. The Balaban J connectivity index is 1.77. The van der Waals surface area contributed by atoms with Crippen molar-refractivity contribution >= 4 is 40.2 Å². The summed E-state index contributed by atoms with van der Waals surface area (Å²) in [4.78, 5) is 29.8. The number of nitrogens with zero attached hydrogens (tertiary/aromatic N) is 2. The minimum absolute atomic E-state index is 0.0665. The average Bonchev–Trinajstić information content (AvgIpc) is 2.72. The summed E-state index contributed by atoms with van der Waals surface area (Å²) >= 11 is 7.20. The van der Waals surface area contributed by atoms with E-state index in [1.807, 2.05) is 6.92 Å². The molecule has 0 aliphatic carbocycles. The van der Waals surface area contributed by atoms with Gasteiger partial charge in [0.15, 0.2) is 5.16 Å². The number of rotatable bonds is 8. The third-order valence-electron chi connectivity index (χ3n) is 4.48. The number of amides is 1.